The molecule has 6 aliphatic carbocycles. The lowest BCUT2D eigenvalue weighted by Gasteiger charge is -2.52. The van der Waals surface area contributed by atoms with E-state index in [4.69, 9.17) is 0 Å². The topological polar surface area (TPSA) is 0 Å². The van der Waals surface area contributed by atoms with E-state index in [1.54, 1.807) is 51.4 Å². The maximum absolute atomic E-state index is 2.97. The number of fused-ring (bicyclic) bond motifs is 2. The smallest absolute Gasteiger partial charge is 0.0546 e. The highest BCUT2D eigenvalue weighted by Crippen LogP contribution is 2.68. The van der Waals surface area contributed by atoms with Gasteiger partial charge in [0.15, 0.2) is 0 Å². The van der Waals surface area contributed by atoms with Gasteiger partial charge in [0.1, 0.15) is 0 Å². The van der Waals surface area contributed by atoms with E-state index in [0.29, 0.717) is 0 Å². The second kappa shape index (κ2) is 11.9. The molecular formula is C40H72Si. The van der Waals surface area contributed by atoms with Gasteiger partial charge in [0.05, 0.1) is 8.07 Å². The molecule has 14 unspecified atom stereocenters. The van der Waals surface area contributed by atoms with Gasteiger partial charge in [-0.15, -0.1) is 0 Å². The molecule has 0 radical (unpaired) electrons. The van der Waals surface area contributed by atoms with Gasteiger partial charge in [0, 0.05) is 0 Å². The van der Waals surface area contributed by atoms with Crippen molar-refractivity contribution in [1.29, 1.82) is 0 Å². The molecule has 0 aliphatic heterocycles. The Hall–Kier alpha value is 0.217. The van der Waals surface area contributed by atoms with Crippen molar-refractivity contribution < 1.29 is 0 Å². The van der Waals surface area contributed by atoms with E-state index in [1.165, 1.54) is 25.7 Å². The second-order valence-electron chi connectivity index (χ2n) is 19.4. The molecule has 6 aliphatic rings. The molecule has 0 spiro atoms. The molecule has 6 rings (SSSR count). The van der Waals surface area contributed by atoms with Crippen molar-refractivity contribution in [3.05, 3.63) is 0 Å². The summed E-state index contributed by atoms with van der Waals surface area (Å²) < 4.78 is 0. The Balaban J connectivity index is 1.23. The molecule has 14 atom stereocenters. The lowest BCUT2D eigenvalue weighted by Crippen LogP contribution is -2.48. The minimum atomic E-state index is -1.43. The largest absolute Gasteiger partial charge is 0.0689 e. The van der Waals surface area contributed by atoms with E-state index < -0.39 is 8.07 Å². The van der Waals surface area contributed by atoms with E-state index in [1.807, 2.05) is 0 Å². The van der Waals surface area contributed by atoms with E-state index >= 15 is 0 Å². The molecule has 0 nitrogen and oxygen atoms in total. The molecule has 41 heavy (non-hydrogen) atoms. The van der Waals surface area contributed by atoms with Gasteiger partial charge in [0.2, 0.25) is 0 Å². The van der Waals surface area contributed by atoms with Gasteiger partial charge in [-0.2, -0.15) is 0 Å². The summed E-state index contributed by atoms with van der Waals surface area (Å²) in [4.78, 5) is 0. The van der Waals surface area contributed by atoms with Crippen LogP contribution in [0.2, 0.25) is 24.2 Å². The van der Waals surface area contributed by atoms with Crippen LogP contribution in [0.1, 0.15) is 132 Å². The van der Waals surface area contributed by atoms with Crippen molar-refractivity contribution in [3.63, 3.8) is 0 Å². The average molecular weight is 581 g/mol. The highest BCUT2D eigenvalue weighted by atomic mass is 28.3. The normalized spacial score (nSPS) is 56.3. The molecule has 6 saturated carbocycles. The summed E-state index contributed by atoms with van der Waals surface area (Å²) in [6.45, 7) is 27.2. The zero-order chi connectivity index (χ0) is 29.4. The lowest BCUT2D eigenvalue weighted by molar-refractivity contribution is 0.0157. The Bertz CT molecular complexity index is 797. The van der Waals surface area contributed by atoms with Gasteiger partial charge in [-0.25, -0.2) is 0 Å². The molecule has 0 aromatic heterocycles. The third-order valence-electron chi connectivity index (χ3n) is 16.2. The Morgan fingerprint density at radius 2 is 0.683 bits per heavy atom. The van der Waals surface area contributed by atoms with Crippen LogP contribution in [0.25, 0.3) is 0 Å². The van der Waals surface area contributed by atoms with E-state index in [2.05, 4.69) is 68.5 Å². The summed E-state index contributed by atoms with van der Waals surface area (Å²) in [5, 5.41) is 0. The van der Waals surface area contributed by atoms with Crippen LogP contribution in [0.4, 0.5) is 0 Å². The van der Waals surface area contributed by atoms with Crippen LogP contribution in [0.3, 0.4) is 0 Å². The fourth-order valence-electron chi connectivity index (χ4n) is 16.2. The third-order valence-corrected chi connectivity index (χ3v) is 21.6. The van der Waals surface area contributed by atoms with E-state index in [0.717, 1.165) is 106 Å². The van der Waals surface area contributed by atoms with Gasteiger partial charge in [-0.1, -0.05) is 94.2 Å². The molecule has 0 aromatic rings. The Morgan fingerprint density at radius 1 is 0.366 bits per heavy atom. The summed E-state index contributed by atoms with van der Waals surface area (Å²) in [6.07, 6.45) is 18.6. The Kier molecular flexibility index (Phi) is 9.03. The van der Waals surface area contributed by atoms with Crippen LogP contribution in [-0.2, 0) is 0 Å². The van der Waals surface area contributed by atoms with Gasteiger partial charge in [-0.3, -0.25) is 0 Å². The van der Waals surface area contributed by atoms with Crippen molar-refractivity contribution in [2.75, 3.05) is 0 Å². The Morgan fingerprint density at radius 3 is 1.02 bits per heavy atom. The zero-order valence-electron chi connectivity index (χ0n) is 29.4. The molecule has 0 amide bonds. The second-order valence-corrected chi connectivity index (χ2v) is 24.3. The number of hydrogen-bond acceptors (Lipinski definition) is 0. The van der Waals surface area contributed by atoms with Crippen molar-refractivity contribution in [2.45, 2.75) is 157 Å². The average Bonchev–Trinajstić information content (AvgIpc) is 3.40. The van der Waals surface area contributed by atoms with E-state index in [-0.39, 0.29) is 0 Å². The van der Waals surface area contributed by atoms with Gasteiger partial charge < -0.3 is 0 Å². The highest BCUT2D eigenvalue weighted by Gasteiger charge is 2.61. The molecule has 236 valence electrons. The molecule has 0 N–H and O–H groups in total. The van der Waals surface area contributed by atoms with Crippen LogP contribution in [0.15, 0.2) is 0 Å². The molecule has 0 bridgehead atoms. The number of hydrogen-bond donors (Lipinski definition) is 0. The SMILES string of the molecule is CC1CC(C)C(C2CCCC3C2CC(C)C3[Si](C)(C)C2C(C)CC3C(C4C(C)CC(C)CC4C)CCCC32)C(C)C1. The monoisotopic (exact) mass is 581 g/mol. The van der Waals surface area contributed by atoms with Crippen LogP contribution in [0.5, 0.6) is 0 Å². The van der Waals surface area contributed by atoms with Crippen molar-refractivity contribution in [2.24, 2.45) is 94.7 Å². The van der Waals surface area contributed by atoms with Crippen molar-refractivity contribution >= 4 is 8.07 Å². The quantitative estimate of drug-likeness (QED) is 0.290. The summed E-state index contributed by atoms with van der Waals surface area (Å²) in [7, 11) is -1.43. The fourth-order valence-corrected chi connectivity index (χ4v) is 22.9. The molecule has 1 heteroatoms. The fraction of sp³-hybridized carbons (Fsp3) is 1.00. The number of rotatable bonds is 4. The van der Waals surface area contributed by atoms with Gasteiger partial charge >= 0.3 is 0 Å². The molecular weight excluding hydrogens is 509 g/mol. The van der Waals surface area contributed by atoms with Gasteiger partial charge in [0.25, 0.3) is 0 Å². The summed E-state index contributed by atoms with van der Waals surface area (Å²) in [6, 6.07) is 0. The first kappa shape index (κ1) is 31.2. The molecule has 0 saturated heterocycles. The van der Waals surface area contributed by atoms with E-state index in [9.17, 15) is 0 Å². The predicted octanol–water partition coefficient (Wildman–Crippen LogP) is 12.2. The van der Waals surface area contributed by atoms with Crippen LogP contribution >= 0.6 is 0 Å². The van der Waals surface area contributed by atoms with Crippen LogP contribution in [0, 0.1) is 94.7 Å². The van der Waals surface area contributed by atoms with Crippen molar-refractivity contribution in [1.82, 2.24) is 0 Å². The summed E-state index contributed by atoms with van der Waals surface area (Å²) in [5.41, 5.74) is 2.20. The summed E-state index contributed by atoms with van der Waals surface area (Å²) >= 11 is 0. The first-order chi connectivity index (χ1) is 19.4. The zero-order valence-corrected chi connectivity index (χ0v) is 30.4. The Labute approximate surface area is 258 Å². The standard InChI is InChI=1S/C40H72Si/c1-23-17-25(3)37(26(4)18-23)31-13-11-15-33-35(31)21-29(7)39(33)41(9,10)40-30(8)22-36-32(14-12-16-34(36)40)38-27(5)19-24(2)20-28(38)6/h23-40H,11-22H2,1-10H3. The minimum absolute atomic E-state index is 0.955. The van der Waals surface area contributed by atoms with Crippen LogP contribution < -0.4 is 0 Å². The summed E-state index contributed by atoms with van der Waals surface area (Å²) in [5.74, 6) is 16.1. The van der Waals surface area contributed by atoms with Crippen molar-refractivity contribution in [3.8, 4) is 0 Å². The molecule has 0 aromatic carbocycles. The molecule has 0 heterocycles. The third kappa shape index (κ3) is 5.41. The maximum Gasteiger partial charge on any atom is 0.0546 e. The lowest BCUT2D eigenvalue weighted by atomic mass is 9.58. The first-order valence-corrected chi connectivity index (χ1v) is 22.5. The first-order valence-electron chi connectivity index (χ1n) is 19.4. The highest BCUT2D eigenvalue weighted by molar-refractivity contribution is 6.80. The minimum Gasteiger partial charge on any atom is -0.0689 e. The van der Waals surface area contributed by atoms with Gasteiger partial charge in [-0.05, 0) is 157 Å². The van der Waals surface area contributed by atoms with Crippen LogP contribution in [-0.4, -0.2) is 8.07 Å². The predicted molar refractivity (Wildman–Crippen MR) is 182 cm³/mol. The maximum atomic E-state index is 2.97. The molecule has 6 fully saturated rings.